The fourth-order valence-electron chi connectivity index (χ4n) is 1.73. The van der Waals surface area contributed by atoms with Crippen molar-refractivity contribution in [3.8, 4) is 0 Å². The zero-order valence-electron chi connectivity index (χ0n) is 8.20. The first-order chi connectivity index (χ1) is 7.59. The minimum Gasteiger partial charge on any atom is -0.480 e. The van der Waals surface area contributed by atoms with Crippen molar-refractivity contribution in [2.24, 2.45) is 0 Å². The fraction of sp³-hybridized carbons (Fsp3) is 0.500. The molecule has 0 aliphatic carbocycles. The predicted molar refractivity (Wildman–Crippen MR) is 56.8 cm³/mol. The summed E-state index contributed by atoms with van der Waals surface area (Å²) in [7, 11) is 0. The molecule has 0 unspecified atom stereocenters. The summed E-state index contributed by atoms with van der Waals surface area (Å²) < 4.78 is 0. The Morgan fingerprint density at radius 1 is 1.75 bits per heavy atom. The number of rotatable bonds is 3. The van der Waals surface area contributed by atoms with Gasteiger partial charge in [0, 0.05) is 6.54 Å². The standard InChI is InChI=1S/C8H9N3O4S/c12-7(13)5-2-1-3-10(5)8-9-4-6(16-8)11(14)15/h4-5H,1-3H2,(H,12,13)/t5-/m1/s1. The number of hydrogen-bond donors (Lipinski definition) is 1. The van der Waals surface area contributed by atoms with Crippen molar-refractivity contribution in [3.05, 3.63) is 16.3 Å². The monoisotopic (exact) mass is 243 g/mol. The Hall–Kier alpha value is -1.70. The highest BCUT2D eigenvalue weighted by Crippen LogP contribution is 2.32. The van der Waals surface area contributed by atoms with Crippen LogP contribution in [0.3, 0.4) is 0 Å². The SMILES string of the molecule is O=C(O)[C@H]1CCCN1c1ncc([N+](=O)[O-])s1. The van der Waals surface area contributed by atoms with Crippen LogP contribution in [0.15, 0.2) is 6.20 Å². The van der Waals surface area contributed by atoms with Gasteiger partial charge in [0.1, 0.15) is 12.2 Å². The molecule has 0 bridgehead atoms. The molecule has 1 aromatic heterocycles. The van der Waals surface area contributed by atoms with Crippen molar-refractivity contribution in [3.63, 3.8) is 0 Å². The van der Waals surface area contributed by atoms with Crippen LogP contribution in [0.5, 0.6) is 0 Å². The maximum absolute atomic E-state index is 10.9. The van der Waals surface area contributed by atoms with Gasteiger partial charge in [-0.2, -0.15) is 0 Å². The number of carboxylic acid groups (broad SMARTS) is 1. The van der Waals surface area contributed by atoms with Crippen molar-refractivity contribution in [1.29, 1.82) is 0 Å². The minimum absolute atomic E-state index is 0.0639. The summed E-state index contributed by atoms with van der Waals surface area (Å²) in [5, 5.41) is 19.8. The summed E-state index contributed by atoms with van der Waals surface area (Å²) in [6.45, 7) is 0.585. The van der Waals surface area contributed by atoms with Crippen LogP contribution in [0, 0.1) is 10.1 Å². The fourth-order valence-corrected chi connectivity index (χ4v) is 2.53. The molecule has 0 radical (unpaired) electrons. The highest BCUT2D eigenvalue weighted by atomic mass is 32.1. The van der Waals surface area contributed by atoms with Gasteiger partial charge in [-0.15, -0.1) is 0 Å². The summed E-state index contributed by atoms with van der Waals surface area (Å²) in [5.41, 5.74) is 0. The number of aliphatic carboxylic acids is 1. The molecule has 8 heteroatoms. The molecule has 86 valence electrons. The van der Waals surface area contributed by atoms with Gasteiger partial charge in [-0.05, 0) is 24.2 Å². The molecule has 1 aliphatic heterocycles. The summed E-state index contributed by atoms with van der Waals surface area (Å²) in [6, 6.07) is -0.606. The zero-order chi connectivity index (χ0) is 11.7. The van der Waals surface area contributed by atoms with Gasteiger partial charge in [0.15, 0.2) is 5.13 Å². The van der Waals surface area contributed by atoms with E-state index in [2.05, 4.69) is 4.98 Å². The number of nitro groups is 1. The van der Waals surface area contributed by atoms with Gasteiger partial charge in [0.05, 0.1) is 4.92 Å². The lowest BCUT2D eigenvalue weighted by Gasteiger charge is -2.19. The number of nitrogens with zero attached hydrogens (tertiary/aromatic N) is 3. The van der Waals surface area contributed by atoms with Crippen LogP contribution >= 0.6 is 11.3 Å². The molecule has 0 aromatic carbocycles. The van der Waals surface area contributed by atoms with E-state index >= 15 is 0 Å². The van der Waals surface area contributed by atoms with E-state index in [0.717, 1.165) is 24.0 Å². The van der Waals surface area contributed by atoms with E-state index in [9.17, 15) is 14.9 Å². The molecule has 0 spiro atoms. The molecule has 1 saturated heterocycles. The van der Waals surface area contributed by atoms with Crippen molar-refractivity contribution >= 4 is 27.4 Å². The molecule has 1 N–H and O–H groups in total. The maximum atomic E-state index is 10.9. The summed E-state index contributed by atoms with van der Waals surface area (Å²) in [4.78, 5) is 26.4. The lowest BCUT2D eigenvalue weighted by molar-refractivity contribution is -0.380. The average Bonchev–Trinajstić information content (AvgIpc) is 2.86. The molecule has 1 fully saturated rings. The second kappa shape index (κ2) is 4.05. The first kappa shape index (κ1) is 10.8. The molecule has 2 rings (SSSR count). The molecular formula is C8H9N3O4S. The normalized spacial score (nSPS) is 20.0. The summed E-state index contributed by atoms with van der Waals surface area (Å²) in [5.74, 6) is -0.907. The second-order valence-corrected chi connectivity index (χ2v) is 4.42. The third-order valence-corrected chi connectivity index (χ3v) is 3.43. The Kier molecular flexibility index (Phi) is 2.73. The quantitative estimate of drug-likeness (QED) is 0.630. The van der Waals surface area contributed by atoms with Gasteiger partial charge in [-0.25, -0.2) is 9.78 Å². The molecule has 7 nitrogen and oxygen atoms in total. The number of aromatic nitrogens is 1. The molecule has 1 aromatic rings. The zero-order valence-corrected chi connectivity index (χ0v) is 9.01. The van der Waals surface area contributed by atoms with Crippen molar-refractivity contribution in [2.75, 3.05) is 11.4 Å². The largest absolute Gasteiger partial charge is 0.480 e. The lowest BCUT2D eigenvalue weighted by atomic mass is 10.2. The van der Waals surface area contributed by atoms with Crippen LogP contribution in [-0.4, -0.2) is 33.6 Å². The smallest absolute Gasteiger partial charge is 0.345 e. The second-order valence-electron chi connectivity index (χ2n) is 3.43. The Bertz CT molecular complexity index is 433. The van der Waals surface area contributed by atoms with Gasteiger partial charge in [-0.3, -0.25) is 10.1 Å². The van der Waals surface area contributed by atoms with Crippen molar-refractivity contribution in [1.82, 2.24) is 4.98 Å². The average molecular weight is 243 g/mol. The first-order valence-corrected chi connectivity index (χ1v) is 5.51. The van der Waals surface area contributed by atoms with E-state index in [1.54, 1.807) is 4.90 Å². The van der Waals surface area contributed by atoms with Gasteiger partial charge in [0.2, 0.25) is 0 Å². The Morgan fingerprint density at radius 3 is 3.06 bits per heavy atom. The van der Waals surface area contributed by atoms with Gasteiger partial charge in [-0.1, -0.05) is 0 Å². The van der Waals surface area contributed by atoms with Crippen LogP contribution in [0.25, 0.3) is 0 Å². The van der Waals surface area contributed by atoms with Crippen LogP contribution in [0.4, 0.5) is 10.1 Å². The van der Waals surface area contributed by atoms with E-state index in [4.69, 9.17) is 5.11 Å². The highest BCUT2D eigenvalue weighted by molar-refractivity contribution is 7.18. The minimum atomic E-state index is -0.907. The van der Waals surface area contributed by atoms with Crippen LogP contribution in [0.1, 0.15) is 12.8 Å². The van der Waals surface area contributed by atoms with Crippen molar-refractivity contribution < 1.29 is 14.8 Å². The molecule has 1 aliphatic rings. The van der Waals surface area contributed by atoms with E-state index in [1.807, 2.05) is 0 Å². The van der Waals surface area contributed by atoms with E-state index in [1.165, 1.54) is 0 Å². The Balaban J connectivity index is 2.22. The molecule has 2 heterocycles. The predicted octanol–water partition coefficient (Wildman–Crippen LogP) is 1.10. The molecule has 16 heavy (non-hydrogen) atoms. The first-order valence-electron chi connectivity index (χ1n) is 4.69. The van der Waals surface area contributed by atoms with Gasteiger partial charge in [0.25, 0.3) is 0 Å². The highest BCUT2D eigenvalue weighted by Gasteiger charge is 2.33. The van der Waals surface area contributed by atoms with E-state index < -0.39 is 16.9 Å². The molecule has 0 amide bonds. The number of carbonyl (C=O) groups is 1. The third kappa shape index (κ3) is 1.83. The summed E-state index contributed by atoms with van der Waals surface area (Å²) in [6.07, 6.45) is 2.49. The van der Waals surface area contributed by atoms with Crippen LogP contribution in [-0.2, 0) is 4.79 Å². The number of hydrogen-bond acceptors (Lipinski definition) is 6. The summed E-state index contributed by atoms with van der Waals surface area (Å²) >= 11 is 0.912. The Morgan fingerprint density at radius 2 is 2.50 bits per heavy atom. The van der Waals surface area contributed by atoms with E-state index in [0.29, 0.717) is 18.1 Å². The van der Waals surface area contributed by atoms with Crippen molar-refractivity contribution in [2.45, 2.75) is 18.9 Å². The molecular weight excluding hydrogens is 234 g/mol. The molecule has 1 atom stereocenters. The van der Waals surface area contributed by atoms with Crippen LogP contribution in [0.2, 0.25) is 0 Å². The number of anilines is 1. The van der Waals surface area contributed by atoms with Gasteiger partial charge >= 0.3 is 11.0 Å². The number of thiazole rings is 1. The third-order valence-electron chi connectivity index (χ3n) is 2.44. The van der Waals surface area contributed by atoms with E-state index in [-0.39, 0.29) is 5.00 Å². The molecule has 0 saturated carbocycles. The van der Waals surface area contributed by atoms with Crippen LogP contribution < -0.4 is 4.90 Å². The van der Waals surface area contributed by atoms with Gasteiger partial charge < -0.3 is 10.0 Å². The lowest BCUT2D eigenvalue weighted by Crippen LogP contribution is -2.35. The number of carboxylic acids is 1. The maximum Gasteiger partial charge on any atom is 0.345 e. The topological polar surface area (TPSA) is 96.6 Å². The Labute approximate surface area is 94.5 Å².